The van der Waals surface area contributed by atoms with E-state index < -0.39 is 0 Å². The van der Waals surface area contributed by atoms with Gasteiger partial charge >= 0.3 is 0 Å². The summed E-state index contributed by atoms with van der Waals surface area (Å²) < 4.78 is 0. The Morgan fingerprint density at radius 1 is 1.13 bits per heavy atom. The van der Waals surface area contributed by atoms with Crippen molar-refractivity contribution in [2.24, 2.45) is 0 Å². The van der Waals surface area contributed by atoms with Gasteiger partial charge < -0.3 is 0 Å². The Morgan fingerprint density at radius 2 is 1.93 bits per heavy atom. The van der Waals surface area contributed by atoms with E-state index in [0.717, 1.165) is 25.5 Å². The molecular formula is C14H24O. The highest BCUT2D eigenvalue weighted by molar-refractivity contribution is 5.66. The predicted molar refractivity (Wildman–Crippen MR) is 67.0 cm³/mol. The Balaban J connectivity index is 3.53. The molecule has 0 radical (unpaired) electrons. The quantitative estimate of drug-likeness (QED) is 0.237. The van der Waals surface area contributed by atoms with Gasteiger partial charge in [-0.2, -0.15) is 0 Å². The molecule has 1 nitrogen and oxygen atoms in total. The molecule has 0 bridgehead atoms. The normalized spacial score (nSPS) is 12.3. The van der Waals surface area contributed by atoms with E-state index >= 15 is 0 Å². The first kappa shape index (κ1) is 14.2. The monoisotopic (exact) mass is 208 g/mol. The Kier molecular flexibility index (Phi) is 10.6. The van der Waals surface area contributed by atoms with Gasteiger partial charge in [0.2, 0.25) is 0 Å². The molecule has 86 valence electrons. The number of carbonyl (C=O) groups is 1. The number of hydrogen-bond donors (Lipinski definition) is 0. The molecule has 0 aliphatic rings. The summed E-state index contributed by atoms with van der Waals surface area (Å²) in [6.45, 7) is 4.22. The van der Waals surface area contributed by atoms with Gasteiger partial charge in [-0.3, -0.25) is 4.79 Å². The molecule has 0 fully saturated rings. The first-order valence-corrected chi connectivity index (χ1v) is 6.09. The molecular weight excluding hydrogens is 184 g/mol. The minimum absolute atomic E-state index is 0.921. The van der Waals surface area contributed by atoms with Crippen LogP contribution in [0.3, 0.4) is 0 Å². The molecule has 0 aromatic rings. The van der Waals surface area contributed by atoms with Crippen molar-refractivity contribution in [3.8, 4) is 0 Å². The maximum absolute atomic E-state index is 10.4. The first-order valence-electron chi connectivity index (χ1n) is 6.09. The minimum atomic E-state index is 0.921. The van der Waals surface area contributed by atoms with Gasteiger partial charge in [-0.25, -0.2) is 0 Å². The van der Waals surface area contributed by atoms with Crippen LogP contribution in [0.4, 0.5) is 0 Å². The average molecular weight is 208 g/mol. The number of hydrogen-bond acceptors (Lipinski definition) is 1. The Hall–Kier alpha value is -0.850. The van der Waals surface area contributed by atoms with Crippen molar-refractivity contribution in [1.82, 2.24) is 0 Å². The fourth-order valence-corrected chi connectivity index (χ4v) is 1.67. The molecule has 0 aliphatic carbocycles. The molecule has 0 rings (SSSR count). The molecule has 0 saturated heterocycles. The highest BCUT2D eigenvalue weighted by atomic mass is 16.1. The summed E-state index contributed by atoms with van der Waals surface area (Å²) in [5, 5.41) is 0. The van der Waals surface area contributed by atoms with Gasteiger partial charge in [0.25, 0.3) is 0 Å². The second-order valence-electron chi connectivity index (χ2n) is 3.88. The molecule has 0 aromatic heterocycles. The van der Waals surface area contributed by atoms with Crippen molar-refractivity contribution in [2.75, 3.05) is 0 Å². The van der Waals surface area contributed by atoms with Crippen molar-refractivity contribution >= 4 is 6.29 Å². The molecule has 15 heavy (non-hydrogen) atoms. The fourth-order valence-electron chi connectivity index (χ4n) is 1.67. The average Bonchev–Trinajstić information content (AvgIpc) is 2.24. The van der Waals surface area contributed by atoms with E-state index in [1.54, 1.807) is 6.08 Å². The molecule has 0 aliphatic heterocycles. The summed E-state index contributed by atoms with van der Waals surface area (Å²) in [6.07, 6.45) is 15.3. The third kappa shape index (κ3) is 9.45. The smallest absolute Gasteiger partial charge is 0.142 e. The van der Waals surface area contributed by atoms with Crippen LogP contribution >= 0.6 is 0 Å². The Labute approximate surface area is 94.3 Å². The Morgan fingerprint density at radius 3 is 2.53 bits per heavy atom. The summed E-state index contributed by atoms with van der Waals surface area (Å²) >= 11 is 0. The molecule has 0 spiro atoms. The van der Waals surface area contributed by atoms with Crippen molar-refractivity contribution in [3.63, 3.8) is 0 Å². The molecule has 0 aromatic carbocycles. The molecule has 0 atom stereocenters. The number of allylic oxidation sites excluding steroid dienone is 4. The molecule has 0 N–H and O–H groups in total. The van der Waals surface area contributed by atoms with Crippen LogP contribution < -0.4 is 0 Å². The van der Waals surface area contributed by atoms with Gasteiger partial charge in [-0.05, 0) is 45.1 Å². The van der Waals surface area contributed by atoms with Gasteiger partial charge in [0.15, 0.2) is 0 Å². The largest absolute Gasteiger partial charge is 0.299 e. The number of rotatable bonds is 9. The van der Waals surface area contributed by atoms with E-state index in [2.05, 4.69) is 26.0 Å². The lowest BCUT2D eigenvalue weighted by molar-refractivity contribution is -0.104. The van der Waals surface area contributed by atoms with Gasteiger partial charge in [-0.1, -0.05) is 37.5 Å². The van der Waals surface area contributed by atoms with E-state index in [-0.39, 0.29) is 0 Å². The molecule has 0 unspecified atom stereocenters. The van der Waals surface area contributed by atoms with Crippen molar-refractivity contribution in [1.29, 1.82) is 0 Å². The van der Waals surface area contributed by atoms with Gasteiger partial charge in [-0.15, -0.1) is 0 Å². The number of carbonyl (C=O) groups excluding carboxylic acids is 1. The van der Waals surface area contributed by atoms with E-state index in [1.807, 2.05) is 0 Å². The molecule has 0 amide bonds. The topological polar surface area (TPSA) is 17.1 Å². The summed E-state index contributed by atoms with van der Waals surface area (Å²) in [5.74, 6) is 0. The van der Waals surface area contributed by atoms with Crippen LogP contribution in [0.25, 0.3) is 0 Å². The lowest BCUT2D eigenvalue weighted by atomic mass is 10.0. The van der Waals surface area contributed by atoms with Gasteiger partial charge in [0.05, 0.1) is 0 Å². The number of unbranched alkanes of at least 4 members (excludes halogenated alkanes) is 3. The van der Waals surface area contributed by atoms with Crippen LogP contribution in [0.2, 0.25) is 0 Å². The SMILES string of the molecule is CC=CCCCCCC(=CC=O)CCC. The standard InChI is InChI=1S/C14H24O/c1-3-5-6-7-8-9-11-14(10-4-2)12-13-15/h3,5,12-13H,4,6-11H2,1-2H3. The third-order valence-corrected chi connectivity index (χ3v) is 2.48. The summed E-state index contributed by atoms with van der Waals surface area (Å²) in [7, 11) is 0. The van der Waals surface area contributed by atoms with Crippen LogP contribution in [0.15, 0.2) is 23.8 Å². The fraction of sp³-hybridized carbons (Fsp3) is 0.643. The van der Waals surface area contributed by atoms with Crippen LogP contribution in [-0.2, 0) is 4.79 Å². The zero-order valence-electron chi connectivity index (χ0n) is 10.2. The highest BCUT2D eigenvalue weighted by Crippen LogP contribution is 2.14. The second kappa shape index (κ2) is 11.2. The third-order valence-electron chi connectivity index (χ3n) is 2.48. The first-order chi connectivity index (χ1) is 7.35. The summed E-state index contributed by atoms with van der Waals surface area (Å²) in [4.78, 5) is 10.4. The highest BCUT2D eigenvalue weighted by Gasteiger charge is 1.96. The van der Waals surface area contributed by atoms with Crippen molar-refractivity contribution in [3.05, 3.63) is 23.8 Å². The van der Waals surface area contributed by atoms with Crippen molar-refractivity contribution < 1.29 is 4.79 Å². The maximum atomic E-state index is 10.4. The molecule has 1 heteroatoms. The summed E-state index contributed by atoms with van der Waals surface area (Å²) in [5.41, 5.74) is 1.32. The van der Waals surface area contributed by atoms with E-state index in [9.17, 15) is 4.79 Å². The zero-order chi connectivity index (χ0) is 11.4. The minimum Gasteiger partial charge on any atom is -0.299 e. The predicted octanol–water partition coefficient (Wildman–Crippen LogP) is 4.44. The van der Waals surface area contributed by atoms with Gasteiger partial charge in [0.1, 0.15) is 6.29 Å². The summed E-state index contributed by atoms with van der Waals surface area (Å²) in [6, 6.07) is 0. The van der Waals surface area contributed by atoms with Gasteiger partial charge in [0, 0.05) is 0 Å². The molecule has 0 heterocycles. The van der Waals surface area contributed by atoms with E-state index in [0.29, 0.717) is 0 Å². The lowest BCUT2D eigenvalue weighted by Gasteiger charge is -2.04. The number of aldehydes is 1. The van der Waals surface area contributed by atoms with E-state index in [1.165, 1.54) is 31.3 Å². The van der Waals surface area contributed by atoms with Crippen LogP contribution in [0.5, 0.6) is 0 Å². The van der Waals surface area contributed by atoms with Crippen LogP contribution in [0, 0.1) is 0 Å². The molecule has 0 saturated carbocycles. The lowest BCUT2D eigenvalue weighted by Crippen LogP contribution is -1.86. The zero-order valence-corrected chi connectivity index (χ0v) is 10.2. The van der Waals surface area contributed by atoms with Crippen molar-refractivity contribution in [2.45, 2.75) is 58.8 Å². The second-order valence-corrected chi connectivity index (χ2v) is 3.88. The Bertz CT molecular complexity index is 201. The van der Waals surface area contributed by atoms with Crippen LogP contribution in [-0.4, -0.2) is 6.29 Å². The maximum Gasteiger partial charge on any atom is 0.142 e. The van der Waals surface area contributed by atoms with Crippen LogP contribution in [0.1, 0.15) is 58.8 Å². The van der Waals surface area contributed by atoms with E-state index in [4.69, 9.17) is 0 Å².